The number of hydrogen-bond donors (Lipinski definition) is 1. The third-order valence-electron chi connectivity index (χ3n) is 5.04. The number of hydrogen-bond acceptors (Lipinski definition) is 3. The molecule has 0 saturated carbocycles. The van der Waals surface area contributed by atoms with Gasteiger partial charge < -0.3 is 15.0 Å². The summed E-state index contributed by atoms with van der Waals surface area (Å²) in [6, 6.07) is 10.4. The summed E-state index contributed by atoms with van der Waals surface area (Å²) in [5.41, 5.74) is 2.95. The molecule has 0 bridgehead atoms. The first-order chi connectivity index (χ1) is 14.7. The van der Waals surface area contributed by atoms with E-state index in [1.807, 2.05) is 38.1 Å². The van der Waals surface area contributed by atoms with Crippen LogP contribution in [-0.2, 0) is 16.1 Å². The predicted molar refractivity (Wildman–Crippen MR) is 128 cm³/mol. The number of ether oxygens (including phenoxy) is 1. The van der Waals surface area contributed by atoms with Gasteiger partial charge in [0.15, 0.2) is 6.61 Å². The number of aryl methyl sites for hydroxylation is 2. The highest BCUT2D eigenvalue weighted by Gasteiger charge is 2.26. The van der Waals surface area contributed by atoms with Crippen molar-refractivity contribution >= 4 is 39.3 Å². The van der Waals surface area contributed by atoms with Gasteiger partial charge in [0, 0.05) is 22.6 Å². The number of carbonyl (C=O) groups excluding carboxylic acids is 2. The molecule has 2 rings (SSSR count). The van der Waals surface area contributed by atoms with Gasteiger partial charge in [-0.25, -0.2) is 0 Å². The highest BCUT2D eigenvalue weighted by molar-refractivity contribution is 9.10. The van der Waals surface area contributed by atoms with Crippen LogP contribution in [0.25, 0.3) is 0 Å². The molecule has 2 aromatic carbocycles. The van der Waals surface area contributed by atoms with Gasteiger partial charge >= 0.3 is 0 Å². The fourth-order valence-corrected chi connectivity index (χ4v) is 3.48. The second-order valence-corrected chi connectivity index (χ2v) is 8.86. The molecule has 0 aliphatic rings. The van der Waals surface area contributed by atoms with Crippen LogP contribution in [0.2, 0.25) is 5.02 Å². The zero-order valence-electron chi connectivity index (χ0n) is 18.5. The lowest BCUT2D eigenvalue weighted by atomic mass is 10.1. The average molecular weight is 510 g/mol. The molecular weight excluding hydrogens is 480 g/mol. The van der Waals surface area contributed by atoms with Crippen molar-refractivity contribution in [3.8, 4) is 5.75 Å². The summed E-state index contributed by atoms with van der Waals surface area (Å²) in [6.45, 7) is 8.48. The largest absolute Gasteiger partial charge is 0.484 e. The summed E-state index contributed by atoms with van der Waals surface area (Å²) in [5, 5.41) is 3.53. The van der Waals surface area contributed by atoms with Crippen molar-refractivity contribution in [3.05, 3.63) is 62.6 Å². The Kier molecular flexibility index (Phi) is 9.85. The molecule has 0 aliphatic heterocycles. The summed E-state index contributed by atoms with van der Waals surface area (Å²) >= 11 is 9.52. The summed E-state index contributed by atoms with van der Waals surface area (Å²) in [7, 11) is 0. The predicted octanol–water partition coefficient (Wildman–Crippen LogP) is 5.43. The van der Waals surface area contributed by atoms with E-state index in [1.165, 1.54) is 0 Å². The Morgan fingerprint density at radius 1 is 1.16 bits per heavy atom. The van der Waals surface area contributed by atoms with Gasteiger partial charge in [-0.05, 0) is 68.1 Å². The van der Waals surface area contributed by atoms with E-state index in [-0.39, 0.29) is 18.4 Å². The third kappa shape index (κ3) is 7.54. The van der Waals surface area contributed by atoms with Crippen LogP contribution < -0.4 is 10.1 Å². The van der Waals surface area contributed by atoms with Crippen LogP contribution in [0.15, 0.2) is 40.9 Å². The minimum Gasteiger partial charge on any atom is -0.484 e. The Balaban J connectivity index is 2.14. The van der Waals surface area contributed by atoms with Gasteiger partial charge in [0.1, 0.15) is 11.8 Å². The van der Waals surface area contributed by atoms with E-state index < -0.39 is 6.04 Å². The zero-order chi connectivity index (χ0) is 23.0. The fraction of sp³-hybridized carbons (Fsp3) is 0.417. The molecule has 0 spiro atoms. The molecule has 0 aromatic heterocycles. The van der Waals surface area contributed by atoms with Gasteiger partial charge in [-0.1, -0.05) is 53.0 Å². The van der Waals surface area contributed by atoms with Gasteiger partial charge in [0.05, 0.1) is 0 Å². The van der Waals surface area contributed by atoms with Crippen LogP contribution in [0.1, 0.15) is 43.4 Å². The molecule has 5 nitrogen and oxygen atoms in total. The lowest BCUT2D eigenvalue weighted by Crippen LogP contribution is -2.49. The summed E-state index contributed by atoms with van der Waals surface area (Å²) in [5.74, 6) is 0.190. The molecule has 0 radical (unpaired) electrons. The zero-order valence-corrected chi connectivity index (χ0v) is 20.8. The number of benzene rings is 2. The van der Waals surface area contributed by atoms with Crippen LogP contribution in [0.4, 0.5) is 0 Å². The monoisotopic (exact) mass is 508 g/mol. The van der Waals surface area contributed by atoms with E-state index >= 15 is 0 Å². The number of unbranched alkanes of at least 4 members (excludes halogenated alkanes) is 1. The molecule has 0 saturated heterocycles. The maximum atomic E-state index is 13.1. The normalized spacial score (nSPS) is 11.7. The Morgan fingerprint density at radius 3 is 2.35 bits per heavy atom. The van der Waals surface area contributed by atoms with Crippen molar-refractivity contribution < 1.29 is 14.3 Å². The number of nitrogens with zero attached hydrogens (tertiary/aromatic N) is 1. The summed E-state index contributed by atoms with van der Waals surface area (Å²) in [4.78, 5) is 27.3. The van der Waals surface area contributed by atoms with Crippen molar-refractivity contribution in [2.45, 2.75) is 53.1 Å². The van der Waals surface area contributed by atoms with Crippen molar-refractivity contribution in [3.63, 3.8) is 0 Å². The standard InChI is InChI=1S/C24H30BrClN2O3/c1-5-6-11-27-24(30)18(4)28(14-19-7-9-20(26)10-8-19)22(29)15-31-21-12-16(2)23(25)17(3)13-21/h7-10,12-13,18H,5-6,11,14-15H2,1-4H3,(H,27,30)/t18-/m0/s1. The SMILES string of the molecule is CCCCNC(=O)[C@H](C)N(Cc1ccc(Cl)cc1)C(=O)COc1cc(C)c(Br)c(C)c1. The highest BCUT2D eigenvalue weighted by Crippen LogP contribution is 2.26. The first kappa shape index (κ1) is 25.2. The number of carbonyl (C=O) groups is 2. The summed E-state index contributed by atoms with van der Waals surface area (Å²) < 4.78 is 6.81. The Morgan fingerprint density at radius 2 is 1.77 bits per heavy atom. The topological polar surface area (TPSA) is 58.6 Å². The molecule has 1 atom stereocenters. The lowest BCUT2D eigenvalue weighted by Gasteiger charge is -2.29. The smallest absolute Gasteiger partial charge is 0.261 e. The summed E-state index contributed by atoms with van der Waals surface area (Å²) in [6.07, 6.45) is 1.89. The van der Waals surface area contributed by atoms with Crippen LogP contribution in [0.3, 0.4) is 0 Å². The van der Waals surface area contributed by atoms with E-state index in [2.05, 4.69) is 28.2 Å². The first-order valence-corrected chi connectivity index (χ1v) is 11.6. The molecule has 31 heavy (non-hydrogen) atoms. The molecular formula is C24H30BrClN2O3. The Bertz CT molecular complexity index is 879. The van der Waals surface area contributed by atoms with Crippen LogP contribution >= 0.6 is 27.5 Å². The third-order valence-corrected chi connectivity index (χ3v) is 6.54. The van der Waals surface area contributed by atoms with Crippen LogP contribution in [0, 0.1) is 13.8 Å². The molecule has 168 valence electrons. The second kappa shape index (κ2) is 12.1. The van der Waals surface area contributed by atoms with Crippen molar-refractivity contribution in [1.29, 1.82) is 0 Å². The van der Waals surface area contributed by atoms with Gasteiger partial charge in [0.2, 0.25) is 5.91 Å². The van der Waals surface area contributed by atoms with Crippen LogP contribution in [-0.4, -0.2) is 35.9 Å². The van der Waals surface area contributed by atoms with Gasteiger partial charge in [-0.3, -0.25) is 9.59 Å². The quantitative estimate of drug-likeness (QED) is 0.434. The molecule has 0 aliphatic carbocycles. The molecule has 2 aromatic rings. The number of nitrogens with one attached hydrogen (secondary N) is 1. The fourth-order valence-electron chi connectivity index (χ4n) is 3.12. The molecule has 1 N–H and O–H groups in total. The van der Waals surface area contributed by atoms with Crippen molar-refractivity contribution in [1.82, 2.24) is 10.2 Å². The highest BCUT2D eigenvalue weighted by atomic mass is 79.9. The van der Waals surface area contributed by atoms with E-state index in [4.69, 9.17) is 16.3 Å². The van der Waals surface area contributed by atoms with E-state index in [1.54, 1.807) is 24.0 Å². The maximum Gasteiger partial charge on any atom is 0.261 e. The number of rotatable bonds is 10. The Hall–Kier alpha value is -2.05. The van der Waals surface area contributed by atoms with E-state index in [0.29, 0.717) is 23.9 Å². The van der Waals surface area contributed by atoms with Gasteiger partial charge in [0.25, 0.3) is 5.91 Å². The Labute approximate surface area is 198 Å². The van der Waals surface area contributed by atoms with Crippen LogP contribution in [0.5, 0.6) is 5.75 Å². The van der Waals surface area contributed by atoms with Gasteiger partial charge in [-0.15, -0.1) is 0 Å². The molecule has 0 fully saturated rings. The minimum absolute atomic E-state index is 0.152. The second-order valence-electron chi connectivity index (χ2n) is 7.63. The maximum absolute atomic E-state index is 13.1. The molecule has 0 heterocycles. The van der Waals surface area contributed by atoms with Gasteiger partial charge in [-0.2, -0.15) is 0 Å². The van der Waals surface area contributed by atoms with E-state index in [9.17, 15) is 9.59 Å². The minimum atomic E-state index is -0.628. The average Bonchev–Trinajstić information content (AvgIpc) is 2.74. The molecule has 0 unspecified atom stereocenters. The number of halogens is 2. The lowest BCUT2D eigenvalue weighted by molar-refractivity contribution is -0.142. The molecule has 7 heteroatoms. The molecule has 2 amide bonds. The van der Waals surface area contributed by atoms with Crippen molar-refractivity contribution in [2.75, 3.05) is 13.2 Å². The first-order valence-electron chi connectivity index (χ1n) is 10.4. The number of amides is 2. The van der Waals surface area contributed by atoms with E-state index in [0.717, 1.165) is 34.0 Å². The van der Waals surface area contributed by atoms with Crippen molar-refractivity contribution in [2.24, 2.45) is 0 Å².